The molecule has 3 aromatic rings. The van der Waals surface area contributed by atoms with Gasteiger partial charge in [-0.05, 0) is 37.6 Å². The number of halogens is 1. The Morgan fingerprint density at radius 1 is 1.13 bits per heavy atom. The lowest BCUT2D eigenvalue weighted by molar-refractivity contribution is -0.173. The van der Waals surface area contributed by atoms with Gasteiger partial charge in [-0.15, -0.1) is 0 Å². The Labute approximate surface area is 228 Å². The summed E-state index contributed by atoms with van der Waals surface area (Å²) in [6.45, 7) is 12.8. The Kier molecular flexibility index (Phi) is 7.70. The summed E-state index contributed by atoms with van der Waals surface area (Å²) in [4.78, 5) is 25.3. The molecule has 2 aliphatic heterocycles. The number of carbonyl (C=O) groups excluding carboxylic acids is 1. The van der Waals surface area contributed by atoms with E-state index in [0.717, 1.165) is 0 Å². The quantitative estimate of drug-likeness (QED) is 0.415. The molecular formula is C26H34FN6O5Si. The zero-order chi connectivity index (χ0) is 27.9. The number of hydrogen-bond donors (Lipinski definition) is 2. The Balaban J connectivity index is 1.52. The first-order chi connectivity index (χ1) is 18.6. The third-order valence-corrected chi connectivity index (χ3v) is 7.37. The summed E-state index contributed by atoms with van der Waals surface area (Å²) in [6, 6.07) is 5.69. The standard InChI is InChI=1S/C26H34FN6O5Si/c1-7-28-25(34)32-21-16-22(30-12-29-21)33(13-31-16)23-19-17(18(35-23)20(26(2,3)4)38-39(5)6)36-24(37-19)14-8-10-15(27)11-9-14/h8-13,17-20,23-24H,7H2,1-6H3,(H2,28,29,30,32,34). The van der Waals surface area contributed by atoms with Crippen LogP contribution in [0.1, 0.15) is 45.8 Å². The molecule has 2 N–H and O–H groups in total. The number of hydrogen-bond acceptors (Lipinski definition) is 8. The Hall–Kier alpha value is -2.97. The van der Waals surface area contributed by atoms with Crippen LogP contribution in [0.25, 0.3) is 11.2 Å². The van der Waals surface area contributed by atoms with E-state index in [0.29, 0.717) is 23.3 Å². The molecule has 1 aromatic carbocycles. The van der Waals surface area contributed by atoms with Gasteiger partial charge in [-0.3, -0.25) is 9.88 Å². The topological polar surface area (TPSA) is 122 Å². The molecule has 11 nitrogen and oxygen atoms in total. The van der Waals surface area contributed by atoms with Crippen molar-refractivity contribution in [3.05, 3.63) is 48.3 Å². The van der Waals surface area contributed by atoms with Crippen LogP contribution in [0, 0.1) is 11.2 Å². The Morgan fingerprint density at radius 3 is 2.51 bits per heavy atom. The number of aromatic nitrogens is 4. The van der Waals surface area contributed by atoms with Gasteiger partial charge in [0.25, 0.3) is 0 Å². The fourth-order valence-electron chi connectivity index (χ4n) is 4.96. The van der Waals surface area contributed by atoms with Crippen molar-refractivity contribution in [1.82, 2.24) is 24.8 Å². The molecule has 2 fully saturated rings. The average Bonchev–Trinajstić information content (AvgIpc) is 3.57. The molecule has 4 heterocycles. The fourth-order valence-corrected chi connectivity index (χ4v) is 5.95. The SMILES string of the molecule is CCNC(=O)Nc1ncnc2c1ncn2C1OC(C(O[Si](C)C)C(C)(C)C)C2OC(c3ccc(F)cc3)OC21. The second-order valence-electron chi connectivity index (χ2n) is 10.9. The van der Waals surface area contributed by atoms with E-state index in [1.807, 2.05) is 6.92 Å². The van der Waals surface area contributed by atoms with Gasteiger partial charge in [0.05, 0.1) is 12.4 Å². The normalized spacial score (nSPS) is 25.7. The number of nitrogens with zero attached hydrogens (tertiary/aromatic N) is 4. The van der Waals surface area contributed by atoms with Crippen LogP contribution in [-0.4, -0.2) is 65.6 Å². The van der Waals surface area contributed by atoms with Crippen LogP contribution >= 0.6 is 0 Å². The van der Waals surface area contributed by atoms with Gasteiger partial charge in [0, 0.05) is 12.1 Å². The van der Waals surface area contributed by atoms with Crippen molar-refractivity contribution in [1.29, 1.82) is 0 Å². The average molecular weight is 558 g/mol. The number of imidazole rings is 1. The van der Waals surface area contributed by atoms with Crippen molar-refractivity contribution in [3.63, 3.8) is 0 Å². The summed E-state index contributed by atoms with van der Waals surface area (Å²) in [5, 5.41) is 5.40. The van der Waals surface area contributed by atoms with E-state index in [1.54, 1.807) is 23.0 Å². The summed E-state index contributed by atoms with van der Waals surface area (Å²) in [7, 11) is -1.08. The van der Waals surface area contributed by atoms with Gasteiger partial charge in [0.1, 0.15) is 30.5 Å². The summed E-state index contributed by atoms with van der Waals surface area (Å²) < 4.78 is 41.4. The highest BCUT2D eigenvalue weighted by Gasteiger charge is 2.58. The number of urea groups is 1. The van der Waals surface area contributed by atoms with Crippen molar-refractivity contribution < 1.29 is 27.8 Å². The Morgan fingerprint density at radius 2 is 1.85 bits per heavy atom. The molecule has 39 heavy (non-hydrogen) atoms. The van der Waals surface area contributed by atoms with E-state index in [1.165, 1.54) is 18.5 Å². The van der Waals surface area contributed by atoms with E-state index < -0.39 is 39.9 Å². The lowest BCUT2D eigenvalue weighted by Crippen LogP contribution is -2.48. The molecule has 2 aromatic heterocycles. The minimum Gasteiger partial charge on any atom is -0.411 e. The van der Waals surface area contributed by atoms with Crippen molar-refractivity contribution in [3.8, 4) is 0 Å². The zero-order valence-electron chi connectivity index (χ0n) is 22.8. The molecule has 0 saturated carbocycles. The number of amides is 2. The largest absolute Gasteiger partial charge is 0.411 e. The van der Waals surface area contributed by atoms with Gasteiger partial charge in [0.2, 0.25) is 9.04 Å². The first-order valence-electron chi connectivity index (χ1n) is 13.0. The second kappa shape index (κ2) is 10.9. The monoisotopic (exact) mass is 557 g/mol. The maximum Gasteiger partial charge on any atom is 0.320 e. The van der Waals surface area contributed by atoms with E-state index in [9.17, 15) is 9.18 Å². The van der Waals surface area contributed by atoms with Crippen molar-refractivity contribution in [2.75, 3.05) is 11.9 Å². The highest BCUT2D eigenvalue weighted by atomic mass is 28.3. The molecule has 2 saturated heterocycles. The molecule has 0 spiro atoms. The zero-order valence-corrected chi connectivity index (χ0v) is 23.8. The molecule has 1 radical (unpaired) electrons. The Bertz CT molecular complexity index is 1320. The molecule has 0 bridgehead atoms. The van der Waals surface area contributed by atoms with Gasteiger partial charge in [0.15, 0.2) is 29.5 Å². The van der Waals surface area contributed by atoms with Crippen LogP contribution in [0.15, 0.2) is 36.9 Å². The first-order valence-corrected chi connectivity index (χ1v) is 15.4. The van der Waals surface area contributed by atoms with Crippen molar-refractivity contribution >= 4 is 32.1 Å². The molecule has 2 amide bonds. The van der Waals surface area contributed by atoms with Crippen LogP contribution < -0.4 is 10.6 Å². The smallest absolute Gasteiger partial charge is 0.320 e. The van der Waals surface area contributed by atoms with Gasteiger partial charge in [-0.25, -0.2) is 24.1 Å². The lowest BCUT2D eigenvalue weighted by atomic mass is 9.84. The van der Waals surface area contributed by atoms with Crippen molar-refractivity contribution in [2.24, 2.45) is 5.41 Å². The molecule has 209 valence electrons. The van der Waals surface area contributed by atoms with E-state index in [-0.39, 0.29) is 29.2 Å². The molecule has 13 heteroatoms. The van der Waals surface area contributed by atoms with Crippen LogP contribution in [0.4, 0.5) is 15.0 Å². The number of nitrogens with one attached hydrogen (secondary N) is 2. The molecule has 2 aliphatic rings. The molecular weight excluding hydrogens is 523 g/mol. The minimum absolute atomic E-state index is 0.258. The molecule has 5 rings (SSSR count). The maximum absolute atomic E-state index is 13.6. The summed E-state index contributed by atoms with van der Waals surface area (Å²) in [5.41, 5.74) is 1.33. The van der Waals surface area contributed by atoms with Gasteiger partial charge < -0.3 is 24.0 Å². The number of fused-ring (bicyclic) bond motifs is 2. The summed E-state index contributed by atoms with van der Waals surface area (Å²) >= 11 is 0. The number of benzene rings is 1. The van der Waals surface area contributed by atoms with Gasteiger partial charge in [-0.2, -0.15) is 0 Å². The third kappa shape index (κ3) is 5.54. The van der Waals surface area contributed by atoms with Crippen LogP contribution in [0.2, 0.25) is 13.1 Å². The maximum atomic E-state index is 13.6. The second-order valence-corrected chi connectivity index (χ2v) is 13.0. The summed E-state index contributed by atoms with van der Waals surface area (Å²) in [5.74, 6) is -0.0527. The third-order valence-electron chi connectivity index (χ3n) is 6.65. The molecule has 6 unspecified atom stereocenters. The van der Waals surface area contributed by atoms with Crippen LogP contribution in [0.5, 0.6) is 0 Å². The number of rotatable bonds is 7. The first kappa shape index (κ1) is 27.6. The highest BCUT2D eigenvalue weighted by molar-refractivity contribution is 6.48. The van der Waals surface area contributed by atoms with E-state index in [2.05, 4.69) is 59.5 Å². The number of ether oxygens (including phenoxy) is 3. The predicted octanol–water partition coefficient (Wildman–Crippen LogP) is 4.17. The molecule has 6 atom stereocenters. The van der Waals surface area contributed by atoms with Gasteiger partial charge >= 0.3 is 6.03 Å². The van der Waals surface area contributed by atoms with E-state index >= 15 is 0 Å². The number of anilines is 1. The van der Waals surface area contributed by atoms with Crippen LogP contribution in [-0.2, 0) is 18.6 Å². The lowest BCUT2D eigenvalue weighted by Gasteiger charge is -2.38. The number of carbonyl (C=O) groups is 1. The van der Waals surface area contributed by atoms with Crippen molar-refractivity contribution in [2.45, 2.75) is 77.7 Å². The van der Waals surface area contributed by atoms with E-state index in [4.69, 9.17) is 18.6 Å². The fraction of sp³-hybridized carbons (Fsp3) is 0.538. The van der Waals surface area contributed by atoms with Gasteiger partial charge in [-0.1, -0.05) is 32.9 Å². The predicted molar refractivity (Wildman–Crippen MR) is 143 cm³/mol. The summed E-state index contributed by atoms with van der Waals surface area (Å²) in [6.07, 6.45) is -0.140. The highest BCUT2D eigenvalue weighted by Crippen LogP contribution is 2.48. The van der Waals surface area contributed by atoms with Crippen LogP contribution in [0.3, 0.4) is 0 Å². The molecule has 0 aliphatic carbocycles. The minimum atomic E-state index is -1.08.